The zero-order valence-electron chi connectivity index (χ0n) is 29.3. The van der Waals surface area contributed by atoms with Crippen molar-refractivity contribution < 1.29 is 41.7 Å². The molecule has 2 aliphatic carbocycles. The van der Waals surface area contributed by atoms with Crippen LogP contribution in [0.2, 0.25) is 0 Å². The Morgan fingerprint density at radius 3 is 2.51 bits per heavy atom. The van der Waals surface area contributed by atoms with Gasteiger partial charge in [-0.25, -0.2) is 9.02 Å². The first-order valence-corrected chi connectivity index (χ1v) is 17.4. The molecular weight excluding hydrogens is 671 g/mol. The van der Waals surface area contributed by atoms with Crippen LogP contribution in [-0.4, -0.2) is 102 Å². The van der Waals surface area contributed by atoms with E-state index >= 15 is 4.39 Å². The van der Waals surface area contributed by atoms with Gasteiger partial charge in [0.1, 0.15) is 30.2 Å². The Morgan fingerprint density at radius 1 is 1.08 bits per heavy atom. The Kier molecular flexibility index (Phi) is 12.5. The fraction of sp³-hybridized carbons (Fsp3) is 0.600. The second-order valence-corrected chi connectivity index (χ2v) is 13.9. The van der Waals surface area contributed by atoms with E-state index in [0.29, 0.717) is 50.2 Å². The molecule has 1 aliphatic heterocycles. The highest BCUT2D eigenvalue weighted by atomic mass is 19.3. The molecule has 2 unspecified atom stereocenters. The molecule has 4 amide bonds. The Morgan fingerprint density at radius 2 is 1.84 bits per heavy atom. The Balaban J connectivity index is 1.36. The van der Waals surface area contributed by atoms with E-state index in [1.807, 2.05) is 14.0 Å². The zero-order chi connectivity index (χ0) is 36.8. The van der Waals surface area contributed by atoms with Gasteiger partial charge in [-0.15, -0.1) is 0 Å². The van der Waals surface area contributed by atoms with Crippen LogP contribution in [0, 0.1) is 11.7 Å². The lowest BCUT2D eigenvalue weighted by Gasteiger charge is -2.40. The number of anilines is 1. The number of hydrogen-bond donors (Lipinski definition) is 3. The Labute approximate surface area is 294 Å². The van der Waals surface area contributed by atoms with Gasteiger partial charge in [0.15, 0.2) is 5.69 Å². The molecule has 5 rings (SSSR count). The molecule has 13 nitrogen and oxygen atoms in total. The van der Waals surface area contributed by atoms with Crippen LogP contribution in [0.4, 0.5) is 18.9 Å². The molecule has 2 aromatic rings. The van der Waals surface area contributed by atoms with Crippen molar-refractivity contribution >= 4 is 29.3 Å². The van der Waals surface area contributed by atoms with Crippen LogP contribution in [0.15, 0.2) is 34.5 Å². The van der Waals surface area contributed by atoms with Gasteiger partial charge in [0.2, 0.25) is 17.7 Å². The van der Waals surface area contributed by atoms with E-state index in [9.17, 15) is 28.0 Å². The van der Waals surface area contributed by atoms with Crippen molar-refractivity contribution in [1.29, 1.82) is 0 Å². The third kappa shape index (κ3) is 9.33. The number of allylic oxidation sites excluding steroid dienone is 1. The normalized spacial score (nSPS) is 21.6. The average Bonchev–Trinajstić information content (AvgIpc) is 3.88. The van der Waals surface area contributed by atoms with Gasteiger partial charge in [0, 0.05) is 44.6 Å². The standard InChI is InChI=1S/C35H46F3N7O6/c1-19-17-45(14-13-44(19)3)35(49)28(40-27(46)18-50-4)20(2)22-11-12-26(25(36)16-22)39-33(47)30(23-7-5-6-8-24(15-23)32(37)38)41-34(48)31-29(21-9-10-21)42-51-43-31/h11-12,16,19-21,23,28,30H,5-10,13-15,17-18H2,1-4H3,(H,39,47)(H,40,46)(H,41,48)/t19-,20+,23?,28-,30?/m1/s1. The zero-order valence-corrected chi connectivity index (χ0v) is 29.3. The van der Waals surface area contributed by atoms with Crippen LogP contribution in [-0.2, 0) is 19.1 Å². The molecule has 278 valence electrons. The van der Waals surface area contributed by atoms with E-state index in [0.717, 1.165) is 12.8 Å². The fourth-order valence-corrected chi connectivity index (χ4v) is 6.82. The summed E-state index contributed by atoms with van der Waals surface area (Å²) in [6.07, 6.45) is 1.29. The number of amides is 4. The molecule has 3 fully saturated rings. The fourth-order valence-electron chi connectivity index (χ4n) is 6.82. The highest BCUT2D eigenvalue weighted by molar-refractivity contribution is 6.01. The highest BCUT2D eigenvalue weighted by Crippen LogP contribution is 2.40. The lowest BCUT2D eigenvalue weighted by Crippen LogP contribution is -2.58. The summed E-state index contributed by atoms with van der Waals surface area (Å²) >= 11 is 0. The summed E-state index contributed by atoms with van der Waals surface area (Å²) in [4.78, 5) is 57.4. The molecule has 1 aromatic heterocycles. The maximum absolute atomic E-state index is 15.8. The van der Waals surface area contributed by atoms with Crippen LogP contribution >= 0.6 is 0 Å². The van der Waals surface area contributed by atoms with Gasteiger partial charge in [-0.2, -0.15) is 8.78 Å². The quantitative estimate of drug-likeness (QED) is 0.277. The smallest absolute Gasteiger partial charge is 0.276 e. The third-order valence-corrected chi connectivity index (χ3v) is 10.2. The molecule has 2 heterocycles. The minimum absolute atomic E-state index is 0.0145. The van der Waals surface area contributed by atoms with Crippen molar-refractivity contribution in [2.24, 2.45) is 5.92 Å². The first-order chi connectivity index (χ1) is 24.4. The summed E-state index contributed by atoms with van der Waals surface area (Å²) < 4.78 is 53.1. The lowest BCUT2D eigenvalue weighted by molar-refractivity contribution is -0.140. The minimum Gasteiger partial charge on any atom is -0.375 e. The van der Waals surface area contributed by atoms with Gasteiger partial charge >= 0.3 is 0 Å². The number of carbonyl (C=O) groups excluding carboxylic acids is 4. The molecule has 2 saturated carbocycles. The summed E-state index contributed by atoms with van der Waals surface area (Å²) in [5.74, 6) is -4.54. The monoisotopic (exact) mass is 717 g/mol. The van der Waals surface area contributed by atoms with Gasteiger partial charge in [-0.3, -0.25) is 19.2 Å². The number of nitrogens with zero attached hydrogens (tertiary/aromatic N) is 4. The lowest BCUT2D eigenvalue weighted by atomic mass is 9.89. The number of nitrogens with one attached hydrogen (secondary N) is 3. The van der Waals surface area contributed by atoms with Crippen molar-refractivity contribution in [1.82, 2.24) is 30.7 Å². The van der Waals surface area contributed by atoms with Gasteiger partial charge < -0.3 is 30.5 Å². The van der Waals surface area contributed by atoms with E-state index in [1.54, 1.807) is 17.9 Å². The summed E-state index contributed by atoms with van der Waals surface area (Å²) in [5.41, 5.74) is 0.391. The van der Waals surface area contributed by atoms with E-state index in [-0.39, 0.29) is 54.3 Å². The SMILES string of the molecule is COCC(=O)N[C@@H](C(=O)N1CCN(C)[C@H](C)C1)[C@@H](C)c1ccc(NC(=O)C(NC(=O)c2nonc2C2CC2)C2CCCCC(=C(F)F)C2)c(F)c1. The highest BCUT2D eigenvalue weighted by Gasteiger charge is 2.38. The largest absolute Gasteiger partial charge is 0.375 e. The van der Waals surface area contributed by atoms with Crippen molar-refractivity contribution in [3.8, 4) is 0 Å². The van der Waals surface area contributed by atoms with Crippen LogP contribution in [0.5, 0.6) is 0 Å². The first-order valence-electron chi connectivity index (χ1n) is 17.4. The summed E-state index contributed by atoms with van der Waals surface area (Å²) in [7, 11) is 3.34. The van der Waals surface area contributed by atoms with E-state index in [2.05, 4.69) is 31.2 Å². The molecule has 0 bridgehead atoms. The molecule has 51 heavy (non-hydrogen) atoms. The van der Waals surface area contributed by atoms with E-state index < -0.39 is 53.5 Å². The second-order valence-electron chi connectivity index (χ2n) is 13.9. The van der Waals surface area contributed by atoms with Gasteiger partial charge in [0.25, 0.3) is 12.0 Å². The molecular formula is C35H46F3N7O6. The second kappa shape index (κ2) is 16.8. The molecule has 0 spiro atoms. The minimum atomic E-state index is -1.81. The van der Waals surface area contributed by atoms with Crippen LogP contribution in [0.25, 0.3) is 0 Å². The van der Waals surface area contributed by atoms with Crippen LogP contribution < -0.4 is 16.0 Å². The maximum Gasteiger partial charge on any atom is 0.276 e. The van der Waals surface area contributed by atoms with Crippen molar-refractivity contribution in [3.05, 3.63) is 52.6 Å². The van der Waals surface area contributed by atoms with Crippen molar-refractivity contribution in [2.45, 2.75) is 88.8 Å². The average molecular weight is 718 g/mol. The molecule has 16 heteroatoms. The summed E-state index contributed by atoms with van der Waals surface area (Å²) in [6.45, 7) is 5.01. The van der Waals surface area contributed by atoms with Crippen LogP contribution in [0.1, 0.15) is 92.4 Å². The molecule has 3 N–H and O–H groups in total. The van der Waals surface area contributed by atoms with Crippen LogP contribution in [0.3, 0.4) is 0 Å². The van der Waals surface area contributed by atoms with E-state index in [4.69, 9.17) is 9.37 Å². The Hall–Kier alpha value is -4.31. The number of halogens is 3. The van der Waals surface area contributed by atoms with E-state index in [1.165, 1.54) is 19.2 Å². The maximum atomic E-state index is 15.8. The Bertz CT molecular complexity index is 1630. The molecule has 5 atom stereocenters. The first kappa shape index (κ1) is 37.9. The number of likely N-dealkylation sites (N-methyl/N-ethyl adjacent to an activating group) is 1. The number of piperazine rings is 1. The third-order valence-electron chi connectivity index (χ3n) is 10.2. The number of rotatable bonds is 12. The topological polar surface area (TPSA) is 159 Å². The van der Waals surface area contributed by atoms with Crippen molar-refractivity contribution in [3.63, 3.8) is 0 Å². The summed E-state index contributed by atoms with van der Waals surface area (Å²) in [6, 6.07) is 1.82. The summed E-state index contributed by atoms with van der Waals surface area (Å²) in [5, 5.41) is 15.5. The van der Waals surface area contributed by atoms with Gasteiger partial charge in [0.05, 0.1) is 5.69 Å². The number of ether oxygens (including phenoxy) is 1. The predicted molar refractivity (Wildman–Crippen MR) is 179 cm³/mol. The molecule has 3 aliphatic rings. The molecule has 0 radical (unpaired) electrons. The molecule has 1 saturated heterocycles. The number of aromatic nitrogens is 2. The number of methoxy groups -OCH3 is 1. The number of carbonyl (C=O) groups is 4. The number of benzene rings is 1. The number of hydrogen-bond acceptors (Lipinski definition) is 9. The van der Waals surface area contributed by atoms with Gasteiger partial charge in [-0.1, -0.05) is 24.6 Å². The predicted octanol–water partition coefficient (Wildman–Crippen LogP) is 3.95. The molecule has 1 aromatic carbocycles. The van der Waals surface area contributed by atoms with Gasteiger partial charge in [-0.05, 0) is 86.8 Å². The van der Waals surface area contributed by atoms with Crippen molar-refractivity contribution in [2.75, 3.05) is 45.7 Å².